The lowest BCUT2D eigenvalue weighted by molar-refractivity contribution is -0.167. The SMILES string of the molecule is CCCCCC/C=C\CCCCCCCC(=O)OCC(COC(=O)CCCCCCCCCCCCCCCCCC/C=C\C/C=C\C/C=C\CCCCCCC)OC(=O)CCCCCCCCCCC/C=C\CCCCCCCCCC. The van der Waals surface area contributed by atoms with Gasteiger partial charge in [0, 0.05) is 19.3 Å². The van der Waals surface area contributed by atoms with Gasteiger partial charge in [-0.3, -0.25) is 14.4 Å². The standard InChI is InChI=1S/C77H140O6/c1-4-7-10-13-16-19-22-25-27-29-31-33-34-35-36-37-38-39-40-41-42-44-45-47-49-52-55-58-61-64-67-70-76(79)82-73-74(72-81-75(78)69-66-63-60-57-54-51-24-21-18-15-12-9-6-3)83-77(80)71-68-65-62-59-56-53-50-48-46-43-32-30-28-26-23-20-17-14-11-8-5-2/h21-22,24-25,29-32,34-35,74H,4-20,23,26-28,33,36-73H2,1-3H3/b24-21-,25-22-,31-29-,32-30-,35-34-. The molecule has 0 saturated carbocycles. The number of hydrogen-bond donors (Lipinski definition) is 0. The third kappa shape index (κ3) is 69.8. The fraction of sp³-hybridized carbons (Fsp3) is 0.831. The van der Waals surface area contributed by atoms with Crippen LogP contribution in [0.1, 0.15) is 393 Å². The van der Waals surface area contributed by atoms with Gasteiger partial charge in [0.1, 0.15) is 13.2 Å². The first-order valence-corrected chi connectivity index (χ1v) is 36.8. The van der Waals surface area contributed by atoms with E-state index in [9.17, 15) is 14.4 Å². The van der Waals surface area contributed by atoms with E-state index in [4.69, 9.17) is 14.2 Å². The van der Waals surface area contributed by atoms with Gasteiger partial charge in [0.05, 0.1) is 0 Å². The van der Waals surface area contributed by atoms with E-state index in [1.165, 1.54) is 276 Å². The second kappa shape index (κ2) is 71.6. The Hall–Kier alpha value is -2.89. The fourth-order valence-corrected chi connectivity index (χ4v) is 10.9. The fourth-order valence-electron chi connectivity index (χ4n) is 10.9. The van der Waals surface area contributed by atoms with Crippen molar-refractivity contribution in [1.82, 2.24) is 0 Å². The molecule has 0 N–H and O–H groups in total. The second-order valence-corrected chi connectivity index (χ2v) is 24.8. The lowest BCUT2D eigenvalue weighted by Gasteiger charge is -2.18. The average molecular weight is 1160 g/mol. The lowest BCUT2D eigenvalue weighted by Crippen LogP contribution is -2.30. The van der Waals surface area contributed by atoms with E-state index in [2.05, 4.69) is 81.5 Å². The highest BCUT2D eigenvalue weighted by Gasteiger charge is 2.19. The molecular weight excluding hydrogens is 1020 g/mol. The van der Waals surface area contributed by atoms with E-state index < -0.39 is 6.10 Å². The first-order valence-electron chi connectivity index (χ1n) is 36.8. The molecule has 0 aliphatic carbocycles. The van der Waals surface area contributed by atoms with Crippen molar-refractivity contribution in [3.05, 3.63) is 60.8 Å². The summed E-state index contributed by atoms with van der Waals surface area (Å²) in [4.78, 5) is 38.4. The summed E-state index contributed by atoms with van der Waals surface area (Å²) in [6.07, 6.45) is 92.6. The van der Waals surface area contributed by atoms with Crippen LogP contribution >= 0.6 is 0 Å². The van der Waals surface area contributed by atoms with E-state index in [0.717, 1.165) is 77.0 Å². The van der Waals surface area contributed by atoms with Crippen molar-refractivity contribution in [3.8, 4) is 0 Å². The summed E-state index contributed by atoms with van der Waals surface area (Å²) in [6, 6.07) is 0. The van der Waals surface area contributed by atoms with Gasteiger partial charge in [-0.25, -0.2) is 0 Å². The van der Waals surface area contributed by atoms with Crippen molar-refractivity contribution in [3.63, 3.8) is 0 Å². The van der Waals surface area contributed by atoms with Crippen molar-refractivity contribution in [2.75, 3.05) is 13.2 Å². The minimum Gasteiger partial charge on any atom is -0.462 e. The summed E-state index contributed by atoms with van der Waals surface area (Å²) < 4.78 is 17.0. The Morgan fingerprint density at radius 1 is 0.241 bits per heavy atom. The summed E-state index contributed by atoms with van der Waals surface area (Å²) in [7, 11) is 0. The maximum absolute atomic E-state index is 13.0. The number of carbonyl (C=O) groups excluding carboxylic acids is 3. The Balaban J connectivity index is 4.20. The quantitative estimate of drug-likeness (QED) is 0.0261. The largest absolute Gasteiger partial charge is 0.462 e. The van der Waals surface area contributed by atoms with Crippen LogP contribution in [0.4, 0.5) is 0 Å². The van der Waals surface area contributed by atoms with Crippen molar-refractivity contribution in [1.29, 1.82) is 0 Å². The first-order chi connectivity index (χ1) is 41.0. The third-order valence-corrected chi connectivity index (χ3v) is 16.5. The Morgan fingerprint density at radius 2 is 0.434 bits per heavy atom. The molecular formula is C77H140O6. The van der Waals surface area contributed by atoms with Gasteiger partial charge in [-0.1, -0.05) is 326 Å². The molecule has 83 heavy (non-hydrogen) atoms. The van der Waals surface area contributed by atoms with Gasteiger partial charge in [-0.15, -0.1) is 0 Å². The summed E-state index contributed by atoms with van der Waals surface area (Å²) in [5.41, 5.74) is 0. The monoisotopic (exact) mass is 1160 g/mol. The minimum absolute atomic E-state index is 0.0739. The molecule has 0 bridgehead atoms. The second-order valence-electron chi connectivity index (χ2n) is 24.8. The maximum atomic E-state index is 13.0. The van der Waals surface area contributed by atoms with Gasteiger partial charge in [0.25, 0.3) is 0 Å². The number of unbranched alkanes of at least 4 members (excludes halogenated alkanes) is 47. The third-order valence-electron chi connectivity index (χ3n) is 16.5. The predicted octanol–water partition coefficient (Wildman–Crippen LogP) is 25.5. The Bertz CT molecular complexity index is 1470. The molecule has 1 atom stereocenters. The number of ether oxygens (including phenoxy) is 3. The van der Waals surface area contributed by atoms with Crippen molar-refractivity contribution in [2.45, 2.75) is 399 Å². The molecule has 484 valence electrons. The van der Waals surface area contributed by atoms with Crippen molar-refractivity contribution < 1.29 is 28.6 Å². The zero-order valence-corrected chi connectivity index (χ0v) is 55.7. The normalized spacial score (nSPS) is 12.4. The van der Waals surface area contributed by atoms with Gasteiger partial charge in [0.2, 0.25) is 0 Å². The molecule has 0 radical (unpaired) electrons. The first kappa shape index (κ1) is 80.1. The van der Waals surface area contributed by atoms with Crippen LogP contribution in [-0.2, 0) is 28.6 Å². The highest BCUT2D eigenvalue weighted by Crippen LogP contribution is 2.18. The smallest absolute Gasteiger partial charge is 0.306 e. The molecule has 0 spiro atoms. The molecule has 0 saturated heterocycles. The number of carbonyl (C=O) groups is 3. The van der Waals surface area contributed by atoms with Gasteiger partial charge in [-0.2, -0.15) is 0 Å². The summed E-state index contributed by atoms with van der Waals surface area (Å²) in [5.74, 6) is -0.861. The molecule has 6 nitrogen and oxygen atoms in total. The molecule has 0 aliphatic rings. The number of hydrogen-bond acceptors (Lipinski definition) is 6. The number of allylic oxidation sites excluding steroid dienone is 10. The van der Waals surface area contributed by atoms with E-state index in [1.807, 2.05) is 0 Å². The van der Waals surface area contributed by atoms with Crippen molar-refractivity contribution in [2.24, 2.45) is 0 Å². The molecule has 0 aliphatic heterocycles. The van der Waals surface area contributed by atoms with Gasteiger partial charge < -0.3 is 14.2 Å². The van der Waals surface area contributed by atoms with Crippen LogP contribution in [0.5, 0.6) is 0 Å². The molecule has 0 rings (SSSR count). The van der Waals surface area contributed by atoms with Crippen LogP contribution in [0.15, 0.2) is 60.8 Å². The summed E-state index contributed by atoms with van der Waals surface area (Å²) in [6.45, 7) is 6.66. The van der Waals surface area contributed by atoms with Gasteiger partial charge in [-0.05, 0) is 109 Å². The van der Waals surface area contributed by atoms with Gasteiger partial charge in [0.15, 0.2) is 6.10 Å². The zero-order chi connectivity index (χ0) is 59.9. The molecule has 6 heteroatoms. The van der Waals surface area contributed by atoms with Crippen molar-refractivity contribution >= 4 is 17.9 Å². The Kier molecular flexibility index (Phi) is 69.1. The average Bonchev–Trinajstić information content (AvgIpc) is 3.49. The molecule has 0 fully saturated rings. The lowest BCUT2D eigenvalue weighted by atomic mass is 10.0. The zero-order valence-electron chi connectivity index (χ0n) is 55.7. The predicted molar refractivity (Wildman–Crippen MR) is 362 cm³/mol. The molecule has 0 heterocycles. The van der Waals surface area contributed by atoms with Gasteiger partial charge >= 0.3 is 17.9 Å². The van der Waals surface area contributed by atoms with Crippen LogP contribution in [-0.4, -0.2) is 37.2 Å². The summed E-state index contributed by atoms with van der Waals surface area (Å²) >= 11 is 0. The van der Waals surface area contributed by atoms with E-state index in [1.54, 1.807) is 0 Å². The summed E-state index contributed by atoms with van der Waals surface area (Å²) in [5, 5.41) is 0. The molecule has 0 aromatic carbocycles. The van der Waals surface area contributed by atoms with Crippen LogP contribution in [0.2, 0.25) is 0 Å². The molecule has 0 aromatic rings. The molecule has 1 unspecified atom stereocenters. The highest BCUT2D eigenvalue weighted by atomic mass is 16.6. The number of esters is 3. The van der Waals surface area contributed by atoms with Crippen LogP contribution in [0, 0.1) is 0 Å². The molecule has 0 amide bonds. The Labute approximate surface area is 517 Å². The van der Waals surface area contributed by atoms with E-state index in [0.29, 0.717) is 19.3 Å². The highest BCUT2D eigenvalue weighted by molar-refractivity contribution is 5.71. The Morgan fingerprint density at radius 3 is 0.699 bits per heavy atom. The van der Waals surface area contributed by atoms with Crippen LogP contribution in [0.3, 0.4) is 0 Å². The minimum atomic E-state index is -0.779. The van der Waals surface area contributed by atoms with Crippen LogP contribution < -0.4 is 0 Å². The van der Waals surface area contributed by atoms with E-state index >= 15 is 0 Å². The van der Waals surface area contributed by atoms with E-state index in [-0.39, 0.29) is 31.1 Å². The number of rotatable bonds is 68. The molecule has 0 aromatic heterocycles. The maximum Gasteiger partial charge on any atom is 0.306 e. The topological polar surface area (TPSA) is 78.9 Å². The van der Waals surface area contributed by atoms with Crippen LogP contribution in [0.25, 0.3) is 0 Å².